The lowest BCUT2D eigenvalue weighted by molar-refractivity contribution is -0.164. The molecule has 3 aliphatic rings. The predicted octanol–water partition coefficient (Wildman–Crippen LogP) is 3.48. The zero-order valence-corrected chi connectivity index (χ0v) is 23.3. The van der Waals surface area contributed by atoms with Crippen LogP contribution in [-0.2, 0) is 23.9 Å². The number of hydrogen-bond donors (Lipinski definition) is 1. The second kappa shape index (κ2) is 11.7. The molecular weight excluding hydrogens is 472 g/mol. The van der Waals surface area contributed by atoms with E-state index in [9.17, 15) is 19.5 Å². The first kappa shape index (κ1) is 29.4. The van der Waals surface area contributed by atoms with E-state index in [1.807, 2.05) is 27.7 Å². The highest BCUT2D eigenvalue weighted by Gasteiger charge is 2.79. The second-order valence-electron chi connectivity index (χ2n) is 11.0. The molecule has 1 spiro atoms. The highest BCUT2D eigenvalue weighted by atomic mass is 16.6. The summed E-state index contributed by atoms with van der Waals surface area (Å²) in [5.74, 6) is -2.68. The van der Waals surface area contributed by atoms with Gasteiger partial charge in [0.2, 0.25) is 11.8 Å². The first-order chi connectivity index (χ1) is 17.6. The second-order valence-corrected chi connectivity index (χ2v) is 11.0. The third kappa shape index (κ3) is 4.65. The van der Waals surface area contributed by atoms with Crippen molar-refractivity contribution in [2.24, 2.45) is 17.8 Å². The van der Waals surface area contributed by atoms with Gasteiger partial charge in [-0.3, -0.25) is 14.4 Å². The summed E-state index contributed by atoms with van der Waals surface area (Å²) in [6.45, 7) is 17.6. The van der Waals surface area contributed by atoms with Gasteiger partial charge in [-0.1, -0.05) is 59.3 Å². The van der Waals surface area contributed by atoms with Crippen molar-refractivity contribution in [2.75, 3.05) is 19.8 Å². The molecule has 8 nitrogen and oxygen atoms in total. The van der Waals surface area contributed by atoms with Crippen molar-refractivity contribution in [1.82, 2.24) is 9.80 Å². The first-order valence-corrected chi connectivity index (χ1v) is 14.0. The van der Waals surface area contributed by atoms with Crippen molar-refractivity contribution in [2.45, 2.75) is 102 Å². The molecule has 0 aromatic rings. The van der Waals surface area contributed by atoms with E-state index in [0.717, 1.165) is 19.3 Å². The molecule has 0 aromatic heterocycles. The maximum absolute atomic E-state index is 14.5. The van der Waals surface area contributed by atoms with Crippen LogP contribution in [0.1, 0.15) is 73.1 Å². The van der Waals surface area contributed by atoms with E-state index >= 15 is 0 Å². The lowest BCUT2D eigenvalue weighted by Crippen LogP contribution is -2.61. The number of likely N-dealkylation sites (tertiary alicyclic amines) is 1. The number of carbonyl (C=O) groups excluding carboxylic acids is 3. The molecule has 2 bridgehead atoms. The highest BCUT2D eigenvalue weighted by Crippen LogP contribution is 2.65. The third-order valence-corrected chi connectivity index (χ3v) is 9.14. The topological polar surface area (TPSA) is 96.4 Å². The highest BCUT2D eigenvalue weighted by molar-refractivity contribution is 5.99. The number of amides is 2. The van der Waals surface area contributed by atoms with Crippen molar-refractivity contribution in [3.63, 3.8) is 0 Å². The average Bonchev–Trinajstić information content (AvgIpc) is 3.49. The van der Waals surface area contributed by atoms with E-state index in [0.29, 0.717) is 25.8 Å². The zero-order valence-electron chi connectivity index (χ0n) is 23.3. The molecule has 3 aliphatic heterocycles. The summed E-state index contributed by atoms with van der Waals surface area (Å²) in [4.78, 5) is 45.6. The lowest BCUT2D eigenvalue weighted by Gasteiger charge is -2.42. The Kier molecular flexibility index (Phi) is 9.27. The monoisotopic (exact) mass is 518 g/mol. The average molecular weight is 519 g/mol. The fraction of sp³-hybridized carbons (Fsp3) is 0.759. The molecule has 8 heteroatoms. The van der Waals surface area contributed by atoms with Gasteiger partial charge in [0.25, 0.3) is 0 Å². The Morgan fingerprint density at radius 1 is 1.24 bits per heavy atom. The number of aliphatic hydroxyl groups is 1. The van der Waals surface area contributed by atoms with E-state index in [1.54, 1.807) is 15.9 Å². The van der Waals surface area contributed by atoms with Gasteiger partial charge in [0, 0.05) is 12.6 Å². The van der Waals surface area contributed by atoms with Crippen LogP contribution in [0.15, 0.2) is 25.3 Å². The van der Waals surface area contributed by atoms with Gasteiger partial charge in [0.15, 0.2) is 0 Å². The van der Waals surface area contributed by atoms with Crippen LogP contribution in [0.25, 0.3) is 0 Å². The first-order valence-electron chi connectivity index (χ1n) is 14.0. The molecule has 0 radical (unpaired) electrons. The fourth-order valence-corrected chi connectivity index (χ4v) is 7.05. The largest absolute Gasteiger partial charge is 0.461 e. The van der Waals surface area contributed by atoms with Crippen LogP contribution >= 0.6 is 0 Å². The van der Waals surface area contributed by atoms with Crippen LogP contribution in [0.4, 0.5) is 0 Å². The van der Waals surface area contributed by atoms with Gasteiger partial charge in [-0.15, -0.1) is 6.58 Å². The Morgan fingerprint density at radius 2 is 1.95 bits per heavy atom. The molecule has 2 amide bonds. The molecule has 37 heavy (non-hydrogen) atoms. The molecule has 1 N–H and O–H groups in total. The molecule has 3 unspecified atom stereocenters. The molecule has 3 fully saturated rings. The number of carbonyl (C=O) groups is 3. The number of ether oxygens (including phenoxy) is 2. The summed E-state index contributed by atoms with van der Waals surface area (Å²) in [7, 11) is 0. The maximum Gasteiger partial charge on any atom is 0.313 e. The molecular formula is C29H46N2O6. The molecule has 3 heterocycles. The summed E-state index contributed by atoms with van der Waals surface area (Å²) >= 11 is 0. The molecule has 3 saturated heterocycles. The summed E-state index contributed by atoms with van der Waals surface area (Å²) in [6, 6.07) is -1.56. The van der Waals surface area contributed by atoms with Gasteiger partial charge in [0.05, 0.1) is 24.2 Å². The van der Waals surface area contributed by atoms with Crippen molar-refractivity contribution >= 4 is 17.8 Å². The lowest BCUT2D eigenvalue weighted by atomic mass is 9.65. The molecule has 3 rings (SSSR count). The van der Waals surface area contributed by atoms with Crippen LogP contribution in [0.3, 0.4) is 0 Å². The van der Waals surface area contributed by atoms with Gasteiger partial charge < -0.3 is 24.4 Å². The van der Waals surface area contributed by atoms with E-state index < -0.39 is 41.1 Å². The number of fused-ring (bicyclic) bond motifs is 1. The van der Waals surface area contributed by atoms with E-state index in [2.05, 4.69) is 20.1 Å². The van der Waals surface area contributed by atoms with Crippen LogP contribution in [-0.4, -0.2) is 81.8 Å². The molecule has 8 atom stereocenters. The van der Waals surface area contributed by atoms with Gasteiger partial charge in [-0.25, -0.2) is 0 Å². The predicted molar refractivity (Wildman–Crippen MR) is 141 cm³/mol. The van der Waals surface area contributed by atoms with Gasteiger partial charge in [-0.05, 0) is 38.5 Å². The minimum atomic E-state index is -1.14. The maximum atomic E-state index is 14.5. The van der Waals surface area contributed by atoms with Crippen molar-refractivity contribution in [1.29, 1.82) is 0 Å². The Morgan fingerprint density at radius 3 is 2.49 bits per heavy atom. The number of rotatable bonds is 14. The Balaban J connectivity index is 2.18. The van der Waals surface area contributed by atoms with Crippen molar-refractivity contribution in [3.8, 4) is 0 Å². The van der Waals surface area contributed by atoms with Crippen molar-refractivity contribution < 1.29 is 29.0 Å². The quantitative estimate of drug-likeness (QED) is 0.279. The van der Waals surface area contributed by atoms with Gasteiger partial charge in [-0.2, -0.15) is 0 Å². The van der Waals surface area contributed by atoms with E-state index in [4.69, 9.17) is 9.47 Å². The van der Waals surface area contributed by atoms with Crippen LogP contribution < -0.4 is 0 Å². The Hall–Kier alpha value is -2.19. The minimum absolute atomic E-state index is 0.0445. The van der Waals surface area contributed by atoms with Gasteiger partial charge >= 0.3 is 5.97 Å². The third-order valence-electron chi connectivity index (χ3n) is 9.14. The van der Waals surface area contributed by atoms with Crippen molar-refractivity contribution in [3.05, 3.63) is 25.3 Å². The normalized spacial score (nSPS) is 32.5. The molecule has 0 aliphatic carbocycles. The molecule has 0 saturated carbocycles. The number of nitrogens with zero attached hydrogens (tertiary/aromatic N) is 2. The number of hydrogen-bond acceptors (Lipinski definition) is 6. The minimum Gasteiger partial charge on any atom is -0.461 e. The SMILES string of the molecule is C=CCOC(=O)[C@@H]1[C@H]2C(=O)N([C@@H](CO)[C@@H](C)CC)C(C(=O)N(CC=C)C(C)CCC)C23CC[C@@]1(CC)O3. The summed E-state index contributed by atoms with van der Waals surface area (Å²) in [6.07, 6.45) is 7.24. The Labute approximate surface area is 222 Å². The summed E-state index contributed by atoms with van der Waals surface area (Å²) < 4.78 is 12.3. The fourth-order valence-electron chi connectivity index (χ4n) is 7.05. The van der Waals surface area contributed by atoms with E-state index in [1.165, 1.54) is 6.08 Å². The Bertz CT molecular complexity index is 892. The van der Waals surface area contributed by atoms with Gasteiger partial charge in [0.1, 0.15) is 24.2 Å². The smallest absolute Gasteiger partial charge is 0.313 e. The van der Waals surface area contributed by atoms with Crippen LogP contribution in [0, 0.1) is 17.8 Å². The summed E-state index contributed by atoms with van der Waals surface area (Å²) in [5.41, 5.74) is -2.00. The molecule has 0 aromatic carbocycles. The standard InChI is InChI=1S/C29H46N2O6/c1-8-13-20(7)30(16-9-2)26(34)24-29-15-14-28(12-5,37-29)23(27(35)36-17-10-3)22(29)25(33)31(24)21(18-32)19(6)11-4/h9-10,19-24,32H,2-3,8,11-18H2,1,4-7H3/t19-,20?,21-,22-,23-,24?,28+,29?/m0/s1. The van der Waals surface area contributed by atoms with Crippen LogP contribution in [0.5, 0.6) is 0 Å². The molecule has 208 valence electrons. The zero-order chi connectivity index (χ0) is 27.5. The summed E-state index contributed by atoms with van der Waals surface area (Å²) in [5, 5.41) is 10.5. The number of aliphatic hydroxyl groups excluding tert-OH is 1. The van der Waals surface area contributed by atoms with E-state index in [-0.39, 0.29) is 37.0 Å². The number of esters is 1. The van der Waals surface area contributed by atoms with Crippen LogP contribution in [0.2, 0.25) is 0 Å².